The predicted octanol–water partition coefficient (Wildman–Crippen LogP) is 4.64. The number of anilines is 1. The van der Waals surface area contributed by atoms with E-state index >= 15 is 0 Å². The Bertz CT molecular complexity index is 1130. The Morgan fingerprint density at radius 1 is 0.800 bits per heavy atom. The van der Waals surface area contributed by atoms with Crippen LogP contribution in [0.15, 0.2) is 90.0 Å². The van der Waals surface area contributed by atoms with Crippen molar-refractivity contribution in [1.29, 1.82) is 0 Å². The van der Waals surface area contributed by atoms with Crippen LogP contribution in [0.2, 0.25) is 0 Å². The zero-order valence-corrected chi connectivity index (χ0v) is 14.1. The Morgan fingerprint density at radius 3 is 2.40 bits per heavy atom. The van der Waals surface area contributed by atoms with Gasteiger partial charge in [0, 0.05) is 28.4 Å². The van der Waals surface area contributed by atoms with Gasteiger partial charge in [0.1, 0.15) is 0 Å². The molecule has 25 heavy (non-hydrogen) atoms. The van der Waals surface area contributed by atoms with E-state index in [0.29, 0.717) is 11.3 Å². The van der Waals surface area contributed by atoms with Crippen LogP contribution in [0.5, 0.6) is 0 Å². The van der Waals surface area contributed by atoms with E-state index in [9.17, 15) is 8.42 Å². The highest BCUT2D eigenvalue weighted by atomic mass is 32.2. The van der Waals surface area contributed by atoms with Gasteiger partial charge >= 0.3 is 0 Å². The van der Waals surface area contributed by atoms with Crippen molar-refractivity contribution in [2.75, 3.05) is 4.72 Å². The number of H-pyrrole nitrogens is 1. The lowest BCUT2D eigenvalue weighted by atomic mass is 10.1. The average molecular weight is 348 g/mol. The summed E-state index contributed by atoms with van der Waals surface area (Å²) in [4.78, 5) is 3.35. The molecule has 0 bridgehead atoms. The molecule has 1 aromatic heterocycles. The molecule has 0 aliphatic heterocycles. The number of sulfonamides is 1. The third-order valence-electron chi connectivity index (χ3n) is 4.07. The fraction of sp³-hybridized carbons (Fsp3) is 0. The van der Waals surface area contributed by atoms with Crippen LogP contribution in [-0.2, 0) is 10.0 Å². The van der Waals surface area contributed by atoms with E-state index < -0.39 is 10.0 Å². The fourth-order valence-corrected chi connectivity index (χ4v) is 4.16. The molecule has 2 N–H and O–H groups in total. The number of hydrogen-bond acceptors (Lipinski definition) is 2. The third-order valence-corrected chi connectivity index (χ3v) is 5.51. The molecule has 0 spiro atoms. The summed E-state index contributed by atoms with van der Waals surface area (Å²) in [5.41, 5.74) is 3.05. The summed E-state index contributed by atoms with van der Waals surface area (Å²) in [5.74, 6) is 0. The Kier molecular flexibility index (Phi) is 3.78. The standard InChI is InChI=1S/C20H16N2O2S/c23-25(24,22-17-10-11-19-16(14-17)12-13-21-19)20-9-5-4-8-18(20)15-6-2-1-3-7-15/h1-14,21-22H. The van der Waals surface area contributed by atoms with E-state index in [2.05, 4.69) is 9.71 Å². The molecule has 0 amide bonds. The number of aromatic nitrogens is 1. The van der Waals surface area contributed by atoms with Crippen LogP contribution in [0.25, 0.3) is 22.0 Å². The molecule has 5 heteroatoms. The van der Waals surface area contributed by atoms with Crippen molar-refractivity contribution in [3.8, 4) is 11.1 Å². The van der Waals surface area contributed by atoms with Crippen LogP contribution in [0, 0.1) is 0 Å². The smallest absolute Gasteiger partial charge is 0.262 e. The Balaban J connectivity index is 1.75. The number of fused-ring (bicyclic) bond motifs is 1. The molecule has 4 aromatic rings. The van der Waals surface area contributed by atoms with Gasteiger partial charge in [-0.2, -0.15) is 0 Å². The van der Waals surface area contributed by atoms with Gasteiger partial charge in [0.25, 0.3) is 10.0 Å². The second kappa shape index (κ2) is 6.11. The van der Waals surface area contributed by atoms with E-state index in [4.69, 9.17) is 0 Å². The summed E-state index contributed by atoms with van der Waals surface area (Å²) in [5, 5.41) is 0.955. The minimum absolute atomic E-state index is 0.260. The highest BCUT2D eigenvalue weighted by molar-refractivity contribution is 7.92. The maximum Gasteiger partial charge on any atom is 0.262 e. The number of nitrogens with one attached hydrogen (secondary N) is 2. The molecule has 0 saturated heterocycles. The Labute approximate surface area is 146 Å². The SMILES string of the molecule is O=S(=O)(Nc1ccc2[nH]ccc2c1)c1ccccc1-c1ccccc1. The molecule has 124 valence electrons. The topological polar surface area (TPSA) is 62.0 Å². The first-order chi connectivity index (χ1) is 12.1. The van der Waals surface area contributed by atoms with Gasteiger partial charge in [-0.15, -0.1) is 0 Å². The van der Waals surface area contributed by atoms with Crippen LogP contribution in [-0.4, -0.2) is 13.4 Å². The molecule has 4 nitrogen and oxygen atoms in total. The van der Waals surface area contributed by atoms with Gasteiger partial charge in [-0.3, -0.25) is 4.72 Å². The highest BCUT2D eigenvalue weighted by Crippen LogP contribution is 2.29. The number of aromatic amines is 1. The van der Waals surface area contributed by atoms with Gasteiger partial charge in [-0.25, -0.2) is 8.42 Å². The molecule has 0 aliphatic rings. The Morgan fingerprint density at radius 2 is 1.56 bits per heavy atom. The largest absolute Gasteiger partial charge is 0.361 e. The van der Waals surface area contributed by atoms with Crippen LogP contribution >= 0.6 is 0 Å². The lowest BCUT2D eigenvalue weighted by Gasteiger charge is -2.12. The number of hydrogen-bond donors (Lipinski definition) is 2. The van der Waals surface area contributed by atoms with E-state index in [1.165, 1.54) is 0 Å². The zero-order valence-electron chi connectivity index (χ0n) is 13.3. The first kappa shape index (κ1) is 15.5. The van der Waals surface area contributed by atoms with Crippen LogP contribution < -0.4 is 4.72 Å². The second-order valence-corrected chi connectivity index (χ2v) is 7.40. The molecular formula is C20H16N2O2S. The molecule has 1 heterocycles. The van der Waals surface area contributed by atoms with Gasteiger partial charge in [0.15, 0.2) is 0 Å². The van der Waals surface area contributed by atoms with E-state index in [1.807, 2.05) is 66.9 Å². The van der Waals surface area contributed by atoms with Gasteiger partial charge in [-0.1, -0.05) is 48.5 Å². The van der Waals surface area contributed by atoms with Crippen molar-refractivity contribution in [3.05, 3.63) is 85.1 Å². The minimum Gasteiger partial charge on any atom is -0.361 e. The molecule has 0 unspecified atom stereocenters. The molecular weight excluding hydrogens is 332 g/mol. The highest BCUT2D eigenvalue weighted by Gasteiger charge is 2.19. The summed E-state index contributed by atoms with van der Waals surface area (Å²) in [6, 6.07) is 23.9. The van der Waals surface area contributed by atoms with Crippen LogP contribution in [0.1, 0.15) is 0 Å². The summed E-state index contributed by atoms with van der Waals surface area (Å²) in [6.07, 6.45) is 1.83. The maximum atomic E-state index is 13.0. The average Bonchev–Trinajstić information content (AvgIpc) is 3.10. The quantitative estimate of drug-likeness (QED) is 0.564. The fourth-order valence-electron chi connectivity index (χ4n) is 2.88. The Hall–Kier alpha value is -3.05. The van der Waals surface area contributed by atoms with Crippen molar-refractivity contribution in [2.45, 2.75) is 4.90 Å². The molecule has 0 atom stereocenters. The molecule has 4 rings (SSSR count). The maximum absolute atomic E-state index is 13.0. The normalized spacial score (nSPS) is 11.5. The zero-order chi connectivity index (χ0) is 17.3. The van der Waals surface area contributed by atoms with Crippen LogP contribution in [0.3, 0.4) is 0 Å². The molecule has 0 saturated carbocycles. The van der Waals surface area contributed by atoms with Crippen molar-refractivity contribution >= 4 is 26.6 Å². The van der Waals surface area contributed by atoms with Crippen molar-refractivity contribution in [3.63, 3.8) is 0 Å². The number of benzene rings is 3. The molecule has 0 aliphatic carbocycles. The summed E-state index contributed by atoms with van der Waals surface area (Å²) < 4.78 is 28.6. The lowest BCUT2D eigenvalue weighted by molar-refractivity contribution is 0.601. The van der Waals surface area contributed by atoms with E-state index in [-0.39, 0.29) is 4.90 Å². The summed E-state index contributed by atoms with van der Waals surface area (Å²) in [6.45, 7) is 0. The lowest BCUT2D eigenvalue weighted by Crippen LogP contribution is -2.14. The monoisotopic (exact) mass is 348 g/mol. The summed E-state index contributed by atoms with van der Waals surface area (Å²) >= 11 is 0. The van der Waals surface area contributed by atoms with Crippen LogP contribution in [0.4, 0.5) is 5.69 Å². The molecule has 3 aromatic carbocycles. The summed E-state index contributed by atoms with van der Waals surface area (Å²) in [7, 11) is -3.70. The van der Waals surface area contributed by atoms with Gasteiger partial charge < -0.3 is 4.98 Å². The number of rotatable bonds is 4. The van der Waals surface area contributed by atoms with E-state index in [1.54, 1.807) is 18.2 Å². The third kappa shape index (κ3) is 3.02. The first-order valence-electron chi connectivity index (χ1n) is 7.88. The first-order valence-corrected chi connectivity index (χ1v) is 9.36. The van der Waals surface area contributed by atoms with Crippen molar-refractivity contribution < 1.29 is 8.42 Å². The van der Waals surface area contributed by atoms with Gasteiger partial charge in [-0.05, 0) is 35.9 Å². The van der Waals surface area contributed by atoms with Crippen molar-refractivity contribution in [1.82, 2.24) is 4.98 Å². The second-order valence-electron chi connectivity index (χ2n) is 5.75. The van der Waals surface area contributed by atoms with E-state index in [0.717, 1.165) is 16.5 Å². The van der Waals surface area contributed by atoms with Crippen molar-refractivity contribution in [2.24, 2.45) is 0 Å². The van der Waals surface area contributed by atoms with Gasteiger partial charge in [0.2, 0.25) is 0 Å². The predicted molar refractivity (Wildman–Crippen MR) is 101 cm³/mol. The molecule has 0 fully saturated rings. The minimum atomic E-state index is -3.70. The molecule has 0 radical (unpaired) electrons. The van der Waals surface area contributed by atoms with Gasteiger partial charge in [0.05, 0.1) is 4.90 Å².